The van der Waals surface area contributed by atoms with E-state index in [2.05, 4.69) is 37.5 Å². The normalized spacial score (nSPS) is 12.8. The van der Waals surface area contributed by atoms with E-state index in [1.807, 2.05) is 49.0 Å². The van der Waals surface area contributed by atoms with E-state index in [1.165, 1.54) is 4.90 Å². The first-order valence-electron chi connectivity index (χ1n) is 8.53. The van der Waals surface area contributed by atoms with Gasteiger partial charge in [0.05, 0.1) is 0 Å². The highest BCUT2D eigenvalue weighted by Gasteiger charge is 2.15. The zero-order chi connectivity index (χ0) is 18.7. The summed E-state index contributed by atoms with van der Waals surface area (Å²) in [4.78, 5) is 13.4. The van der Waals surface area contributed by atoms with Crippen molar-refractivity contribution in [1.29, 1.82) is 0 Å². The third-order valence-electron chi connectivity index (χ3n) is 3.76. The zero-order valence-electron chi connectivity index (χ0n) is 15.5. The maximum atomic E-state index is 12.2. The molecule has 0 spiro atoms. The number of rotatable bonds is 4. The molecule has 0 saturated carbocycles. The van der Waals surface area contributed by atoms with Crippen molar-refractivity contribution in [3.05, 3.63) is 47.5 Å². The summed E-state index contributed by atoms with van der Waals surface area (Å²) < 4.78 is 10.8. The van der Waals surface area contributed by atoms with Crippen LogP contribution in [0, 0.1) is 6.92 Å². The van der Waals surface area contributed by atoms with Gasteiger partial charge in [-0.3, -0.25) is 0 Å². The van der Waals surface area contributed by atoms with Gasteiger partial charge in [0.25, 0.3) is 0 Å². The predicted octanol–water partition coefficient (Wildman–Crippen LogP) is 4.94. The Labute approximate surface area is 158 Å². The van der Waals surface area contributed by atoms with Crippen LogP contribution in [0.5, 0.6) is 11.5 Å². The largest absolute Gasteiger partial charge is 0.454 e. The molecule has 2 aromatic rings. The molecule has 26 heavy (non-hydrogen) atoms. The van der Waals surface area contributed by atoms with Gasteiger partial charge in [-0.05, 0) is 48.4 Å². The molecule has 2 amide bonds. The Balaban J connectivity index is 1.56. The summed E-state index contributed by atoms with van der Waals surface area (Å²) in [5.74, 6) is 1.45. The third kappa shape index (κ3) is 4.85. The predicted molar refractivity (Wildman–Crippen MR) is 105 cm³/mol. The van der Waals surface area contributed by atoms with E-state index in [4.69, 9.17) is 9.47 Å². The van der Waals surface area contributed by atoms with Crippen molar-refractivity contribution in [3.63, 3.8) is 0 Å². The fourth-order valence-corrected chi connectivity index (χ4v) is 3.67. The Bertz CT molecular complexity index is 815. The maximum absolute atomic E-state index is 12.2. The second-order valence-electron chi connectivity index (χ2n) is 7.19. The molecule has 0 radical (unpaired) electrons. The standard InChI is InChI=1S/C20H24N2O3S/c1-13-9-15(26-20(2,3)4)6-7-16(13)22-19(23)21-11-14-5-8-17-18(10-14)25-12-24-17/h5-10H,11-12H2,1-4H3,(H2,21,22,23). The minimum Gasteiger partial charge on any atom is -0.454 e. The minimum absolute atomic E-state index is 0.156. The van der Waals surface area contributed by atoms with Crippen LogP contribution in [-0.4, -0.2) is 17.6 Å². The van der Waals surface area contributed by atoms with E-state index in [-0.39, 0.29) is 17.6 Å². The van der Waals surface area contributed by atoms with Crippen LogP contribution in [-0.2, 0) is 6.54 Å². The second-order valence-corrected chi connectivity index (χ2v) is 9.09. The summed E-state index contributed by atoms with van der Waals surface area (Å²) in [5, 5.41) is 5.77. The summed E-state index contributed by atoms with van der Waals surface area (Å²) >= 11 is 1.81. The van der Waals surface area contributed by atoms with Gasteiger partial charge in [-0.15, -0.1) is 11.8 Å². The van der Waals surface area contributed by atoms with Crippen molar-refractivity contribution >= 4 is 23.5 Å². The van der Waals surface area contributed by atoms with Crippen LogP contribution in [0.3, 0.4) is 0 Å². The summed E-state index contributed by atoms with van der Waals surface area (Å²) in [7, 11) is 0. The Hall–Kier alpha value is -2.34. The lowest BCUT2D eigenvalue weighted by Gasteiger charge is -2.18. The van der Waals surface area contributed by atoms with Gasteiger partial charge < -0.3 is 20.1 Å². The highest BCUT2D eigenvalue weighted by molar-refractivity contribution is 8.00. The summed E-state index contributed by atoms with van der Waals surface area (Å²) in [6.07, 6.45) is 0. The topological polar surface area (TPSA) is 59.6 Å². The quantitative estimate of drug-likeness (QED) is 0.747. The van der Waals surface area contributed by atoms with Crippen LogP contribution in [0.1, 0.15) is 31.9 Å². The smallest absolute Gasteiger partial charge is 0.319 e. The molecule has 0 atom stereocenters. The number of hydrogen-bond acceptors (Lipinski definition) is 4. The minimum atomic E-state index is -0.234. The molecule has 5 nitrogen and oxygen atoms in total. The maximum Gasteiger partial charge on any atom is 0.319 e. The van der Waals surface area contributed by atoms with E-state index in [9.17, 15) is 4.79 Å². The van der Waals surface area contributed by atoms with Crippen LogP contribution in [0.4, 0.5) is 10.5 Å². The van der Waals surface area contributed by atoms with Crippen LogP contribution in [0.15, 0.2) is 41.3 Å². The van der Waals surface area contributed by atoms with Gasteiger partial charge in [0.1, 0.15) is 0 Å². The SMILES string of the molecule is Cc1cc(SC(C)(C)C)ccc1NC(=O)NCc1ccc2c(c1)OCO2. The number of urea groups is 1. The van der Waals surface area contributed by atoms with Gasteiger partial charge in [-0.25, -0.2) is 4.79 Å². The molecule has 0 bridgehead atoms. The average molecular weight is 372 g/mol. The van der Waals surface area contributed by atoms with Gasteiger partial charge in [0.15, 0.2) is 11.5 Å². The molecule has 0 fully saturated rings. The molecule has 138 valence electrons. The van der Waals surface area contributed by atoms with Gasteiger partial charge in [-0.1, -0.05) is 26.8 Å². The number of benzene rings is 2. The molecule has 0 saturated heterocycles. The fraction of sp³-hybridized carbons (Fsp3) is 0.350. The number of carbonyl (C=O) groups is 1. The highest BCUT2D eigenvalue weighted by Crippen LogP contribution is 2.34. The fourth-order valence-electron chi connectivity index (χ4n) is 2.59. The number of hydrogen-bond donors (Lipinski definition) is 2. The van der Waals surface area contributed by atoms with Crippen LogP contribution >= 0.6 is 11.8 Å². The zero-order valence-corrected chi connectivity index (χ0v) is 16.3. The van der Waals surface area contributed by atoms with Gasteiger partial charge in [-0.2, -0.15) is 0 Å². The molecule has 0 unspecified atom stereocenters. The van der Waals surface area contributed by atoms with E-state index >= 15 is 0 Å². The number of anilines is 1. The van der Waals surface area contributed by atoms with E-state index in [1.54, 1.807) is 0 Å². The lowest BCUT2D eigenvalue weighted by Crippen LogP contribution is -2.28. The highest BCUT2D eigenvalue weighted by atomic mass is 32.2. The van der Waals surface area contributed by atoms with Gasteiger partial charge in [0.2, 0.25) is 6.79 Å². The van der Waals surface area contributed by atoms with Crippen LogP contribution in [0.2, 0.25) is 0 Å². The van der Waals surface area contributed by atoms with Gasteiger partial charge >= 0.3 is 6.03 Å². The number of nitrogens with one attached hydrogen (secondary N) is 2. The number of amides is 2. The van der Waals surface area contributed by atoms with E-state index in [0.29, 0.717) is 12.3 Å². The molecular formula is C20H24N2O3S. The lowest BCUT2D eigenvalue weighted by atomic mass is 10.2. The monoisotopic (exact) mass is 372 g/mol. The molecular weight excluding hydrogens is 348 g/mol. The molecule has 3 rings (SSSR count). The third-order valence-corrected chi connectivity index (χ3v) is 4.86. The number of aryl methyl sites for hydroxylation is 1. The first-order chi connectivity index (χ1) is 12.3. The molecule has 0 aliphatic carbocycles. The Morgan fingerprint density at radius 3 is 2.62 bits per heavy atom. The molecule has 6 heteroatoms. The van der Waals surface area contributed by atoms with Crippen molar-refractivity contribution in [2.75, 3.05) is 12.1 Å². The molecule has 1 aliphatic rings. The van der Waals surface area contributed by atoms with Gasteiger partial charge in [0, 0.05) is 21.9 Å². The number of carbonyl (C=O) groups excluding carboxylic acids is 1. The molecule has 1 aliphatic heterocycles. The first-order valence-corrected chi connectivity index (χ1v) is 9.35. The number of thioether (sulfide) groups is 1. The van der Waals surface area contributed by atoms with Crippen molar-refractivity contribution < 1.29 is 14.3 Å². The Morgan fingerprint density at radius 1 is 1.12 bits per heavy atom. The molecule has 0 aromatic heterocycles. The van der Waals surface area contributed by atoms with E-state index < -0.39 is 0 Å². The van der Waals surface area contributed by atoms with Crippen LogP contribution < -0.4 is 20.1 Å². The number of ether oxygens (including phenoxy) is 2. The molecule has 2 aromatic carbocycles. The molecule has 2 N–H and O–H groups in total. The lowest BCUT2D eigenvalue weighted by molar-refractivity contribution is 0.174. The summed E-state index contributed by atoms with van der Waals surface area (Å²) in [5.41, 5.74) is 2.81. The van der Waals surface area contributed by atoms with Crippen molar-refractivity contribution in [2.24, 2.45) is 0 Å². The second kappa shape index (κ2) is 7.50. The Kier molecular flexibility index (Phi) is 5.32. The van der Waals surface area contributed by atoms with Crippen molar-refractivity contribution in [1.82, 2.24) is 5.32 Å². The van der Waals surface area contributed by atoms with E-state index in [0.717, 1.165) is 22.6 Å². The average Bonchev–Trinajstić information content (AvgIpc) is 3.01. The number of fused-ring (bicyclic) bond motifs is 1. The molecule has 1 heterocycles. The Morgan fingerprint density at radius 2 is 1.88 bits per heavy atom. The first kappa shape index (κ1) is 18.5. The van der Waals surface area contributed by atoms with Crippen LogP contribution in [0.25, 0.3) is 0 Å². The van der Waals surface area contributed by atoms with Crippen molar-refractivity contribution in [2.45, 2.75) is 43.9 Å². The summed E-state index contributed by atoms with van der Waals surface area (Å²) in [6.45, 7) is 9.21. The summed E-state index contributed by atoms with van der Waals surface area (Å²) in [6, 6.07) is 11.5. The van der Waals surface area contributed by atoms with Crippen molar-refractivity contribution in [3.8, 4) is 11.5 Å².